The first-order chi connectivity index (χ1) is 13.0. The Morgan fingerprint density at radius 1 is 1.11 bits per heavy atom. The van der Waals surface area contributed by atoms with Gasteiger partial charge in [-0.05, 0) is 44.2 Å². The van der Waals surface area contributed by atoms with Gasteiger partial charge in [0.2, 0.25) is 5.91 Å². The molecule has 3 rings (SSSR count). The molecule has 0 N–H and O–H groups in total. The predicted molar refractivity (Wildman–Crippen MR) is 103 cm³/mol. The van der Waals surface area contributed by atoms with E-state index in [0.29, 0.717) is 31.0 Å². The van der Waals surface area contributed by atoms with Crippen molar-refractivity contribution in [3.05, 3.63) is 54.1 Å². The summed E-state index contributed by atoms with van der Waals surface area (Å²) in [5.74, 6) is 1.07. The molecule has 2 aromatic rings. The molecule has 6 heteroatoms. The minimum absolute atomic E-state index is 0.105. The van der Waals surface area contributed by atoms with Crippen molar-refractivity contribution in [1.82, 2.24) is 4.90 Å². The highest BCUT2D eigenvalue weighted by molar-refractivity contribution is 6.03. The molecule has 1 atom stereocenters. The van der Waals surface area contributed by atoms with E-state index in [1.165, 1.54) is 0 Å². The number of benzene rings is 2. The van der Waals surface area contributed by atoms with Crippen LogP contribution in [0.1, 0.15) is 24.2 Å². The lowest BCUT2D eigenvalue weighted by molar-refractivity contribution is -0.124. The van der Waals surface area contributed by atoms with Crippen LogP contribution < -0.4 is 14.4 Å². The predicted octanol–water partition coefficient (Wildman–Crippen LogP) is 2.97. The zero-order chi connectivity index (χ0) is 19.4. The number of piperazine rings is 1. The number of methoxy groups -OCH3 is 1. The highest BCUT2D eigenvalue weighted by Gasteiger charge is 2.35. The number of nitrogens with zero attached hydrogens (tertiary/aromatic N) is 2. The number of carbonyl (C=O) groups excluding carboxylic acids is 2. The maximum atomic E-state index is 12.9. The summed E-state index contributed by atoms with van der Waals surface area (Å²) in [6.45, 7) is 5.15. The molecule has 0 radical (unpaired) electrons. The van der Waals surface area contributed by atoms with Crippen LogP contribution in [0.5, 0.6) is 11.5 Å². The number of rotatable bonds is 5. The molecule has 6 nitrogen and oxygen atoms in total. The molecule has 142 valence electrons. The summed E-state index contributed by atoms with van der Waals surface area (Å²) in [5, 5.41) is 0. The second-order valence-electron chi connectivity index (χ2n) is 6.33. The fraction of sp³-hybridized carbons (Fsp3) is 0.333. The van der Waals surface area contributed by atoms with Gasteiger partial charge in [-0.15, -0.1) is 0 Å². The van der Waals surface area contributed by atoms with Crippen molar-refractivity contribution in [3.63, 3.8) is 0 Å². The van der Waals surface area contributed by atoms with Crippen LogP contribution in [0, 0.1) is 0 Å². The van der Waals surface area contributed by atoms with Crippen LogP contribution in [0.15, 0.2) is 48.5 Å². The Bertz CT molecular complexity index is 836. The van der Waals surface area contributed by atoms with Crippen molar-refractivity contribution in [2.24, 2.45) is 0 Å². The molecular weight excluding hydrogens is 344 g/mol. The highest BCUT2D eigenvalue weighted by atomic mass is 16.5. The average molecular weight is 368 g/mol. The molecular formula is C21H24N2O4. The maximum Gasteiger partial charge on any atom is 0.254 e. The lowest BCUT2D eigenvalue weighted by Crippen LogP contribution is -2.57. The van der Waals surface area contributed by atoms with Gasteiger partial charge >= 0.3 is 0 Å². The fourth-order valence-corrected chi connectivity index (χ4v) is 3.23. The molecule has 2 aromatic carbocycles. The van der Waals surface area contributed by atoms with Gasteiger partial charge in [-0.1, -0.05) is 12.1 Å². The summed E-state index contributed by atoms with van der Waals surface area (Å²) in [5.41, 5.74) is 1.30. The van der Waals surface area contributed by atoms with Crippen molar-refractivity contribution < 1.29 is 19.1 Å². The summed E-state index contributed by atoms with van der Waals surface area (Å²) < 4.78 is 10.7. The first kappa shape index (κ1) is 18.8. The molecule has 1 fully saturated rings. The van der Waals surface area contributed by atoms with E-state index in [1.807, 2.05) is 31.2 Å². The molecule has 1 aliphatic rings. The molecule has 0 saturated carbocycles. The first-order valence-corrected chi connectivity index (χ1v) is 9.04. The zero-order valence-corrected chi connectivity index (χ0v) is 15.8. The number of carbonyl (C=O) groups is 2. The normalized spacial score (nSPS) is 17.0. The third-order valence-corrected chi connectivity index (χ3v) is 4.67. The molecule has 0 aliphatic carbocycles. The summed E-state index contributed by atoms with van der Waals surface area (Å²) in [6.07, 6.45) is 0. The quantitative estimate of drug-likeness (QED) is 0.814. The summed E-state index contributed by atoms with van der Waals surface area (Å²) in [7, 11) is 1.56. The Hall–Kier alpha value is -3.02. The van der Waals surface area contributed by atoms with E-state index in [-0.39, 0.29) is 11.8 Å². The van der Waals surface area contributed by atoms with Crippen molar-refractivity contribution in [1.29, 1.82) is 0 Å². The van der Waals surface area contributed by atoms with E-state index < -0.39 is 6.04 Å². The van der Waals surface area contributed by atoms with Crippen molar-refractivity contribution in [2.45, 2.75) is 19.9 Å². The van der Waals surface area contributed by atoms with Crippen molar-refractivity contribution in [3.8, 4) is 11.5 Å². The second kappa shape index (κ2) is 8.12. The molecule has 2 amide bonds. The van der Waals surface area contributed by atoms with Gasteiger partial charge in [-0.2, -0.15) is 0 Å². The number of anilines is 1. The van der Waals surface area contributed by atoms with Crippen LogP contribution in [-0.2, 0) is 4.79 Å². The van der Waals surface area contributed by atoms with Gasteiger partial charge in [0.15, 0.2) is 0 Å². The van der Waals surface area contributed by atoms with Gasteiger partial charge < -0.3 is 19.3 Å². The van der Waals surface area contributed by atoms with Gasteiger partial charge in [0.25, 0.3) is 5.91 Å². The minimum atomic E-state index is -0.548. The Morgan fingerprint density at radius 2 is 1.85 bits per heavy atom. The first-order valence-electron chi connectivity index (χ1n) is 9.04. The molecule has 0 spiro atoms. The van der Waals surface area contributed by atoms with E-state index in [0.717, 1.165) is 11.4 Å². The van der Waals surface area contributed by atoms with Crippen LogP contribution in [-0.4, -0.2) is 49.6 Å². The topological polar surface area (TPSA) is 59.1 Å². The van der Waals surface area contributed by atoms with Crippen LogP contribution in [0.2, 0.25) is 0 Å². The Balaban J connectivity index is 1.78. The molecule has 27 heavy (non-hydrogen) atoms. The Kier molecular flexibility index (Phi) is 5.64. The summed E-state index contributed by atoms with van der Waals surface area (Å²) in [4.78, 5) is 29.1. The van der Waals surface area contributed by atoms with E-state index >= 15 is 0 Å². The van der Waals surface area contributed by atoms with E-state index in [2.05, 4.69) is 0 Å². The monoisotopic (exact) mass is 368 g/mol. The second-order valence-corrected chi connectivity index (χ2v) is 6.33. The Morgan fingerprint density at radius 3 is 2.59 bits per heavy atom. The summed E-state index contributed by atoms with van der Waals surface area (Å²) in [6, 6.07) is 13.9. The standard InChI is InChI=1S/C21H24N2O4/c1-4-27-19-10-6-8-17(14-19)23-12-11-22(15(2)20(23)24)21(25)16-7-5-9-18(13-16)26-3/h5-10,13-15H,4,11-12H2,1-3H3/t15-/m0/s1. The lowest BCUT2D eigenvalue weighted by atomic mass is 10.1. The van der Waals surface area contributed by atoms with Gasteiger partial charge in [0, 0.05) is 30.4 Å². The van der Waals surface area contributed by atoms with Gasteiger partial charge in [0.05, 0.1) is 13.7 Å². The fourth-order valence-electron chi connectivity index (χ4n) is 3.23. The Labute approximate surface area is 159 Å². The molecule has 1 heterocycles. The minimum Gasteiger partial charge on any atom is -0.497 e. The van der Waals surface area contributed by atoms with E-state index in [9.17, 15) is 9.59 Å². The third-order valence-electron chi connectivity index (χ3n) is 4.67. The maximum absolute atomic E-state index is 12.9. The van der Waals surface area contributed by atoms with Crippen LogP contribution in [0.25, 0.3) is 0 Å². The molecule has 1 aliphatic heterocycles. The number of ether oxygens (including phenoxy) is 2. The third kappa shape index (κ3) is 3.89. The largest absolute Gasteiger partial charge is 0.497 e. The lowest BCUT2D eigenvalue weighted by Gasteiger charge is -2.39. The van der Waals surface area contributed by atoms with Gasteiger partial charge in [-0.25, -0.2) is 0 Å². The van der Waals surface area contributed by atoms with Crippen LogP contribution in [0.4, 0.5) is 5.69 Å². The van der Waals surface area contributed by atoms with E-state index in [1.54, 1.807) is 48.1 Å². The van der Waals surface area contributed by atoms with Crippen LogP contribution >= 0.6 is 0 Å². The number of amides is 2. The summed E-state index contributed by atoms with van der Waals surface area (Å²) >= 11 is 0. The molecule has 0 bridgehead atoms. The van der Waals surface area contributed by atoms with Crippen molar-refractivity contribution in [2.75, 3.05) is 31.7 Å². The van der Waals surface area contributed by atoms with Crippen molar-refractivity contribution >= 4 is 17.5 Å². The van der Waals surface area contributed by atoms with Gasteiger partial charge in [-0.3, -0.25) is 9.59 Å². The number of hydrogen-bond acceptors (Lipinski definition) is 4. The SMILES string of the molecule is CCOc1cccc(N2CCN(C(=O)c3cccc(OC)c3)[C@@H](C)C2=O)c1. The number of hydrogen-bond donors (Lipinski definition) is 0. The van der Waals surface area contributed by atoms with Crippen LogP contribution in [0.3, 0.4) is 0 Å². The average Bonchev–Trinajstić information content (AvgIpc) is 2.70. The zero-order valence-electron chi connectivity index (χ0n) is 15.8. The highest BCUT2D eigenvalue weighted by Crippen LogP contribution is 2.26. The smallest absolute Gasteiger partial charge is 0.254 e. The van der Waals surface area contributed by atoms with Gasteiger partial charge in [0.1, 0.15) is 17.5 Å². The van der Waals surface area contributed by atoms with E-state index in [4.69, 9.17) is 9.47 Å². The molecule has 0 unspecified atom stereocenters. The molecule has 1 saturated heterocycles. The molecule has 0 aromatic heterocycles.